The van der Waals surface area contributed by atoms with E-state index in [9.17, 15) is 9.59 Å². The number of carbonyl (C=O) groups is 2. The first-order valence-corrected chi connectivity index (χ1v) is 6.45. The summed E-state index contributed by atoms with van der Waals surface area (Å²) in [5, 5.41) is 16.8. The molecule has 2 aromatic heterocycles. The Morgan fingerprint density at radius 2 is 2.35 bits per heavy atom. The minimum Gasteiger partial charge on any atom is -0.480 e. The van der Waals surface area contributed by atoms with Crippen molar-refractivity contribution in [2.45, 2.75) is 13.2 Å². The molecule has 2 rings (SSSR count). The fraction of sp³-hybridized carbons (Fsp3) is 0.273. The van der Waals surface area contributed by atoms with Gasteiger partial charge in [-0.1, -0.05) is 0 Å². The number of methoxy groups -OCH3 is 1. The van der Waals surface area contributed by atoms with E-state index in [1.54, 1.807) is 13.2 Å². The number of hydrogen-bond acceptors (Lipinski definition) is 6. The molecule has 0 saturated carbocycles. The van der Waals surface area contributed by atoms with Crippen LogP contribution in [0.1, 0.15) is 15.2 Å². The van der Waals surface area contributed by atoms with Crippen molar-refractivity contribution in [1.29, 1.82) is 0 Å². The number of carboxylic acid groups (broad SMARTS) is 1. The Morgan fingerprint density at radius 3 is 3.05 bits per heavy atom. The van der Waals surface area contributed by atoms with Gasteiger partial charge < -0.3 is 9.84 Å². The monoisotopic (exact) mass is 296 g/mol. The Balaban J connectivity index is 1.99. The van der Waals surface area contributed by atoms with Gasteiger partial charge in [0, 0.05) is 7.11 Å². The predicted molar refractivity (Wildman–Crippen MR) is 70.6 cm³/mol. The van der Waals surface area contributed by atoms with Crippen LogP contribution in [0.4, 0.5) is 5.95 Å². The lowest BCUT2D eigenvalue weighted by atomic mass is 10.3. The van der Waals surface area contributed by atoms with Gasteiger partial charge in [0.15, 0.2) is 0 Å². The number of carboxylic acids is 1. The van der Waals surface area contributed by atoms with Crippen LogP contribution in [0, 0.1) is 0 Å². The molecule has 0 saturated heterocycles. The summed E-state index contributed by atoms with van der Waals surface area (Å²) in [6.45, 7) is 0.134. The Bertz CT molecular complexity index is 621. The molecular formula is C11H12N4O4S. The highest BCUT2D eigenvalue weighted by atomic mass is 32.1. The van der Waals surface area contributed by atoms with Gasteiger partial charge in [0.25, 0.3) is 5.91 Å². The first-order chi connectivity index (χ1) is 9.58. The third-order valence-electron chi connectivity index (χ3n) is 2.25. The van der Waals surface area contributed by atoms with E-state index in [4.69, 9.17) is 9.84 Å². The normalized spacial score (nSPS) is 10.4. The van der Waals surface area contributed by atoms with E-state index in [0.29, 0.717) is 11.5 Å². The summed E-state index contributed by atoms with van der Waals surface area (Å²) < 4.78 is 6.10. The topological polar surface area (TPSA) is 106 Å². The van der Waals surface area contributed by atoms with Gasteiger partial charge >= 0.3 is 5.97 Å². The molecule has 0 fully saturated rings. The zero-order valence-electron chi connectivity index (χ0n) is 10.6. The second kappa shape index (κ2) is 6.26. The van der Waals surface area contributed by atoms with Crippen molar-refractivity contribution in [2.75, 3.05) is 12.4 Å². The molecule has 0 unspecified atom stereocenters. The number of ether oxygens (including phenoxy) is 1. The molecule has 0 spiro atoms. The molecule has 0 radical (unpaired) electrons. The van der Waals surface area contributed by atoms with Crippen LogP contribution in [-0.2, 0) is 22.7 Å². The molecule has 106 valence electrons. The average Bonchev–Trinajstić information content (AvgIpc) is 2.99. The van der Waals surface area contributed by atoms with Crippen molar-refractivity contribution in [3.63, 3.8) is 0 Å². The van der Waals surface area contributed by atoms with E-state index in [1.807, 2.05) is 5.38 Å². The Morgan fingerprint density at radius 1 is 1.55 bits per heavy atom. The van der Waals surface area contributed by atoms with Gasteiger partial charge in [-0.15, -0.1) is 16.4 Å². The van der Waals surface area contributed by atoms with E-state index in [2.05, 4.69) is 15.4 Å². The molecule has 0 aliphatic rings. The molecular weight excluding hydrogens is 284 g/mol. The Labute approximate surface area is 118 Å². The largest absolute Gasteiger partial charge is 0.480 e. The van der Waals surface area contributed by atoms with Crippen LogP contribution in [0.15, 0.2) is 17.8 Å². The van der Waals surface area contributed by atoms with Gasteiger partial charge in [-0.25, -0.2) is 9.67 Å². The SMILES string of the molecule is COCc1csc(C(=O)Nc2ncn(CC(=O)O)n2)c1. The Kier molecular flexibility index (Phi) is 4.43. The highest BCUT2D eigenvalue weighted by Gasteiger charge is 2.12. The zero-order chi connectivity index (χ0) is 14.5. The number of anilines is 1. The average molecular weight is 296 g/mol. The van der Waals surface area contributed by atoms with Crippen molar-refractivity contribution in [1.82, 2.24) is 14.8 Å². The van der Waals surface area contributed by atoms with Gasteiger partial charge in [-0.3, -0.25) is 14.9 Å². The van der Waals surface area contributed by atoms with E-state index < -0.39 is 5.97 Å². The molecule has 1 amide bonds. The van der Waals surface area contributed by atoms with Crippen LogP contribution in [-0.4, -0.2) is 38.9 Å². The van der Waals surface area contributed by atoms with Crippen LogP contribution < -0.4 is 5.32 Å². The van der Waals surface area contributed by atoms with E-state index in [0.717, 1.165) is 10.2 Å². The number of aromatic nitrogens is 3. The number of hydrogen-bond donors (Lipinski definition) is 2. The van der Waals surface area contributed by atoms with E-state index in [1.165, 1.54) is 17.7 Å². The summed E-state index contributed by atoms with van der Waals surface area (Å²) in [5.74, 6) is -1.31. The molecule has 2 N–H and O–H groups in total. The Hall–Kier alpha value is -2.26. The van der Waals surface area contributed by atoms with Gasteiger partial charge in [0.1, 0.15) is 12.9 Å². The quantitative estimate of drug-likeness (QED) is 0.817. The number of nitrogens with zero attached hydrogens (tertiary/aromatic N) is 3. The summed E-state index contributed by atoms with van der Waals surface area (Å²) in [6.07, 6.45) is 1.24. The molecule has 9 heteroatoms. The fourth-order valence-corrected chi connectivity index (χ4v) is 2.26. The lowest BCUT2D eigenvalue weighted by Gasteiger charge is -1.97. The van der Waals surface area contributed by atoms with Gasteiger partial charge in [-0.05, 0) is 17.0 Å². The second-order valence-electron chi connectivity index (χ2n) is 3.87. The predicted octanol–water partition coefficient (Wildman–Crippen LogP) is 0.823. The lowest BCUT2D eigenvalue weighted by molar-refractivity contribution is -0.137. The smallest absolute Gasteiger partial charge is 0.325 e. The summed E-state index contributed by atoms with van der Waals surface area (Å²) in [7, 11) is 1.58. The van der Waals surface area contributed by atoms with Crippen LogP contribution in [0.5, 0.6) is 0 Å². The number of carbonyl (C=O) groups excluding carboxylic acids is 1. The van der Waals surface area contributed by atoms with Crippen molar-refractivity contribution >= 4 is 29.2 Å². The number of amides is 1. The number of nitrogens with one attached hydrogen (secondary N) is 1. The van der Waals surface area contributed by atoms with Crippen molar-refractivity contribution in [3.05, 3.63) is 28.2 Å². The van der Waals surface area contributed by atoms with Gasteiger partial charge in [0.05, 0.1) is 11.5 Å². The van der Waals surface area contributed by atoms with E-state index >= 15 is 0 Å². The standard InChI is InChI=1S/C11H12N4O4S/c1-19-4-7-2-8(20-5-7)10(18)13-11-12-6-15(14-11)3-9(16)17/h2,5-6H,3-4H2,1H3,(H,16,17)(H,13,14,18). The first-order valence-electron chi connectivity index (χ1n) is 5.57. The number of aliphatic carboxylic acids is 1. The third-order valence-corrected chi connectivity index (χ3v) is 3.23. The maximum atomic E-state index is 11.9. The summed E-state index contributed by atoms with van der Waals surface area (Å²) in [5.41, 5.74) is 0.909. The number of thiophene rings is 1. The third kappa shape index (κ3) is 3.62. The maximum Gasteiger partial charge on any atom is 0.325 e. The molecule has 8 nitrogen and oxygen atoms in total. The molecule has 20 heavy (non-hydrogen) atoms. The molecule has 2 heterocycles. The molecule has 2 aromatic rings. The fourth-order valence-electron chi connectivity index (χ4n) is 1.47. The van der Waals surface area contributed by atoms with Gasteiger partial charge in [0.2, 0.25) is 5.95 Å². The summed E-state index contributed by atoms with van der Waals surface area (Å²) in [4.78, 5) is 26.7. The highest BCUT2D eigenvalue weighted by Crippen LogP contribution is 2.16. The van der Waals surface area contributed by atoms with Crippen molar-refractivity contribution in [2.24, 2.45) is 0 Å². The highest BCUT2D eigenvalue weighted by molar-refractivity contribution is 7.12. The molecule has 0 aliphatic heterocycles. The first kappa shape index (κ1) is 14.2. The molecule has 0 aromatic carbocycles. The minimum absolute atomic E-state index is 0.0675. The number of rotatable bonds is 6. The molecule has 0 bridgehead atoms. The maximum absolute atomic E-state index is 11.9. The minimum atomic E-state index is -1.03. The van der Waals surface area contributed by atoms with E-state index in [-0.39, 0.29) is 18.4 Å². The lowest BCUT2D eigenvalue weighted by Crippen LogP contribution is -2.13. The van der Waals surface area contributed by atoms with Crippen molar-refractivity contribution in [3.8, 4) is 0 Å². The zero-order valence-corrected chi connectivity index (χ0v) is 11.4. The summed E-state index contributed by atoms with van der Waals surface area (Å²) in [6, 6.07) is 1.72. The van der Waals surface area contributed by atoms with Crippen LogP contribution in [0.3, 0.4) is 0 Å². The second-order valence-corrected chi connectivity index (χ2v) is 4.78. The van der Waals surface area contributed by atoms with Crippen LogP contribution >= 0.6 is 11.3 Å². The molecule has 0 aliphatic carbocycles. The van der Waals surface area contributed by atoms with Gasteiger partial charge in [-0.2, -0.15) is 0 Å². The summed E-state index contributed by atoms with van der Waals surface area (Å²) >= 11 is 1.29. The van der Waals surface area contributed by atoms with Crippen LogP contribution in [0.25, 0.3) is 0 Å². The molecule has 0 atom stereocenters. The van der Waals surface area contributed by atoms with Crippen molar-refractivity contribution < 1.29 is 19.4 Å². The van der Waals surface area contributed by atoms with Crippen LogP contribution in [0.2, 0.25) is 0 Å².